The molecule has 1 heterocycles. The number of piperidine rings is 1. The van der Waals surface area contributed by atoms with Crippen LogP contribution in [0, 0.1) is 11.3 Å². The summed E-state index contributed by atoms with van der Waals surface area (Å²) in [6, 6.07) is 11.5. The van der Waals surface area contributed by atoms with E-state index in [4.69, 9.17) is 5.26 Å². The standard InChI is InChI=1S/C16H23N3/c1-13(2)14-5-7-16(8-6-14)19-11-3-4-15(12-19)18-10-9-17/h5-8,13,15,18H,3-4,10-12H2,1-2H3. The number of rotatable bonds is 4. The number of nitriles is 1. The minimum absolute atomic E-state index is 0.443. The Morgan fingerprint density at radius 2 is 2.11 bits per heavy atom. The zero-order chi connectivity index (χ0) is 13.7. The smallest absolute Gasteiger partial charge is 0.0843 e. The third-order valence-electron chi connectivity index (χ3n) is 3.82. The molecular formula is C16H23N3. The lowest BCUT2D eigenvalue weighted by Gasteiger charge is -2.34. The van der Waals surface area contributed by atoms with Crippen LogP contribution >= 0.6 is 0 Å². The first kappa shape index (κ1) is 13.9. The number of benzene rings is 1. The molecule has 1 fully saturated rings. The molecule has 1 aromatic rings. The molecule has 0 spiro atoms. The van der Waals surface area contributed by atoms with Crippen molar-refractivity contribution >= 4 is 5.69 Å². The highest BCUT2D eigenvalue weighted by Crippen LogP contribution is 2.23. The summed E-state index contributed by atoms with van der Waals surface area (Å²) in [4.78, 5) is 2.42. The molecule has 0 radical (unpaired) electrons. The SMILES string of the molecule is CC(C)c1ccc(N2CCCC(NCC#N)C2)cc1. The van der Waals surface area contributed by atoms with Crippen LogP contribution in [0.3, 0.4) is 0 Å². The van der Waals surface area contributed by atoms with Crippen LogP contribution in [0.2, 0.25) is 0 Å². The van der Waals surface area contributed by atoms with Crippen LogP contribution in [0.25, 0.3) is 0 Å². The maximum atomic E-state index is 8.64. The fourth-order valence-electron chi connectivity index (χ4n) is 2.64. The highest BCUT2D eigenvalue weighted by molar-refractivity contribution is 5.48. The van der Waals surface area contributed by atoms with Gasteiger partial charge in [-0.1, -0.05) is 26.0 Å². The molecule has 1 aliphatic heterocycles. The summed E-state index contributed by atoms with van der Waals surface area (Å²) in [6.07, 6.45) is 2.36. The van der Waals surface area contributed by atoms with E-state index in [9.17, 15) is 0 Å². The van der Waals surface area contributed by atoms with Crippen molar-refractivity contribution < 1.29 is 0 Å². The Bertz CT molecular complexity index is 430. The zero-order valence-corrected chi connectivity index (χ0v) is 11.9. The zero-order valence-electron chi connectivity index (χ0n) is 11.9. The Morgan fingerprint density at radius 1 is 1.37 bits per heavy atom. The predicted molar refractivity (Wildman–Crippen MR) is 79.4 cm³/mol. The van der Waals surface area contributed by atoms with E-state index < -0.39 is 0 Å². The molecule has 0 bridgehead atoms. The van der Waals surface area contributed by atoms with Crippen molar-refractivity contribution in [1.29, 1.82) is 5.26 Å². The first-order chi connectivity index (χ1) is 9.20. The normalized spacial score (nSPS) is 19.5. The molecule has 1 atom stereocenters. The fourth-order valence-corrected chi connectivity index (χ4v) is 2.64. The summed E-state index contributed by atoms with van der Waals surface area (Å²) < 4.78 is 0. The molecule has 1 saturated heterocycles. The molecule has 0 amide bonds. The molecule has 102 valence electrons. The van der Waals surface area contributed by atoms with Crippen molar-refractivity contribution in [2.24, 2.45) is 0 Å². The van der Waals surface area contributed by atoms with E-state index in [1.807, 2.05) is 0 Å². The largest absolute Gasteiger partial charge is 0.370 e. The minimum Gasteiger partial charge on any atom is -0.370 e. The van der Waals surface area contributed by atoms with Crippen molar-refractivity contribution in [3.05, 3.63) is 29.8 Å². The van der Waals surface area contributed by atoms with Crippen molar-refractivity contribution in [2.75, 3.05) is 24.5 Å². The first-order valence-corrected chi connectivity index (χ1v) is 7.16. The van der Waals surface area contributed by atoms with E-state index in [1.165, 1.54) is 24.1 Å². The lowest BCUT2D eigenvalue weighted by atomic mass is 10.0. The summed E-state index contributed by atoms with van der Waals surface area (Å²) in [7, 11) is 0. The molecule has 19 heavy (non-hydrogen) atoms. The van der Waals surface area contributed by atoms with Crippen LogP contribution in [0.15, 0.2) is 24.3 Å². The van der Waals surface area contributed by atoms with Gasteiger partial charge in [0.2, 0.25) is 0 Å². The number of nitrogens with one attached hydrogen (secondary N) is 1. The van der Waals surface area contributed by atoms with Crippen molar-refractivity contribution in [2.45, 2.75) is 38.6 Å². The Hall–Kier alpha value is -1.53. The van der Waals surface area contributed by atoms with Gasteiger partial charge in [0, 0.05) is 24.8 Å². The average Bonchev–Trinajstić information content (AvgIpc) is 2.45. The number of hydrogen-bond acceptors (Lipinski definition) is 3. The highest BCUT2D eigenvalue weighted by atomic mass is 15.2. The minimum atomic E-state index is 0.443. The van der Waals surface area contributed by atoms with Gasteiger partial charge in [-0.15, -0.1) is 0 Å². The van der Waals surface area contributed by atoms with Crippen LogP contribution < -0.4 is 10.2 Å². The maximum absolute atomic E-state index is 8.64. The monoisotopic (exact) mass is 257 g/mol. The Kier molecular flexibility index (Phi) is 4.81. The summed E-state index contributed by atoms with van der Waals surface area (Å²) in [5.74, 6) is 0.584. The summed E-state index contributed by atoms with van der Waals surface area (Å²) in [6.45, 7) is 7.01. The molecule has 3 heteroatoms. The molecule has 0 saturated carbocycles. The van der Waals surface area contributed by atoms with Gasteiger partial charge < -0.3 is 4.90 Å². The summed E-state index contributed by atoms with van der Waals surface area (Å²) in [5, 5.41) is 11.9. The van der Waals surface area contributed by atoms with Gasteiger partial charge in [-0.05, 0) is 36.5 Å². The molecule has 3 nitrogen and oxygen atoms in total. The van der Waals surface area contributed by atoms with Crippen LogP contribution in [0.4, 0.5) is 5.69 Å². The fraction of sp³-hybridized carbons (Fsp3) is 0.562. The second kappa shape index (κ2) is 6.58. The van der Waals surface area contributed by atoms with Gasteiger partial charge in [0.25, 0.3) is 0 Å². The van der Waals surface area contributed by atoms with E-state index in [2.05, 4.69) is 54.4 Å². The van der Waals surface area contributed by atoms with Gasteiger partial charge in [-0.3, -0.25) is 5.32 Å². The van der Waals surface area contributed by atoms with Gasteiger partial charge in [-0.2, -0.15) is 5.26 Å². The van der Waals surface area contributed by atoms with Gasteiger partial charge >= 0.3 is 0 Å². The molecule has 1 unspecified atom stereocenters. The molecule has 2 rings (SSSR count). The Balaban J connectivity index is 1.99. The quantitative estimate of drug-likeness (QED) is 0.843. The molecule has 0 aliphatic carbocycles. The van der Waals surface area contributed by atoms with Crippen molar-refractivity contribution in [3.8, 4) is 6.07 Å². The Labute approximate surface area is 116 Å². The lowest BCUT2D eigenvalue weighted by Crippen LogP contribution is -2.45. The van der Waals surface area contributed by atoms with Gasteiger partial charge in [-0.25, -0.2) is 0 Å². The topological polar surface area (TPSA) is 39.1 Å². The Morgan fingerprint density at radius 3 is 2.74 bits per heavy atom. The molecule has 1 aliphatic rings. The van der Waals surface area contributed by atoms with Crippen LogP contribution in [0.1, 0.15) is 38.2 Å². The number of nitrogens with zero attached hydrogens (tertiary/aromatic N) is 2. The lowest BCUT2D eigenvalue weighted by molar-refractivity contribution is 0.439. The van der Waals surface area contributed by atoms with Crippen LogP contribution in [-0.2, 0) is 0 Å². The highest BCUT2D eigenvalue weighted by Gasteiger charge is 2.19. The van der Waals surface area contributed by atoms with Crippen LogP contribution in [0.5, 0.6) is 0 Å². The molecule has 1 aromatic carbocycles. The van der Waals surface area contributed by atoms with Gasteiger partial charge in [0.1, 0.15) is 0 Å². The van der Waals surface area contributed by atoms with Crippen LogP contribution in [-0.4, -0.2) is 25.7 Å². The summed E-state index contributed by atoms with van der Waals surface area (Å²) >= 11 is 0. The number of hydrogen-bond donors (Lipinski definition) is 1. The van der Waals surface area contributed by atoms with E-state index in [1.54, 1.807) is 0 Å². The first-order valence-electron chi connectivity index (χ1n) is 7.16. The average molecular weight is 257 g/mol. The van der Waals surface area contributed by atoms with Crippen molar-refractivity contribution in [3.63, 3.8) is 0 Å². The molecular weight excluding hydrogens is 234 g/mol. The van der Waals surface area contributed by atoms with E-state index in [-0.39, 0.29) is 0 Å². The predicted octanol–water partition coefficient (Wildman–Crippen LogP) is 2.89. The molecule has 0 aromatic heterocycles. The third-order valence-corrected chi connectivity index (χ3v) is 3.82. The van der Waals surface area contributed by atoms with Gasteiger partial charge in [0.05, 0.1) is 12.6 Å². The van der Waals surface area contributed by atoms with Crippen molar-refractivity contribution in [1.82, 2.24) is 5.32 Å². The van der Waals surface area contributed by atoms with Gasteiger partial charge in [0.15, 0.2) is 0 Å². The maximum Gasteiger partial charge on any atom is 0.0843 e. The summed E-state index contributed by atoms with van der Waals surface area (Å²) in [5.41, 5.74) is 2.69. The van der Waals surface area contributed by atoms with E-state index in [0.29, 0.717) is 18.5 Å². The molecule has 1 N–H and O–H groups in total. The third kappa shape index (κ3) is 3.71. The second-order valence-corrected chi connectivity index (χ2v) is 5.57. The number of anilines is 1. The van der Waals surface area contributed by atoms with E-state index in [0.717, 1.165) is 13.1 Å². The second-order valence-electron chi connectivity index (χ2n) is 5.57. The van der Waals surface area contributed by atoms with E-state index >= 15 is 0 Å².